The smallest absolute Gasteiger partial charge is 0.306 e. The molecule has 0 saturated heterocycles. The summed E-state index contributed by atoms with van der Waals surface area (Å²) in [5.74, 6) is -1.31. The molecule has 0 aliphatic heterocycles. The van der Waals surface area contributed by atoms with Gasteiger partial charge in [0.05, 0.1) is 17.1 Å². The molecule has 0 spiro atoms. The first kappa shape index (κ1) is 19.9. The molecule has 0 aliphatic carbocycles. The van der Waals surface area contributed by atoms with Gasteiger partial charge < -0.3 is 10.1 Å². The number of hydrogen-bond acceptors (Lipinski definition) is 4. The Morgan fingerprint density at radius 1 is 1.00 bits per heavy atom. The Kier molecular flexibility index (Phi) is 7.18. The van der Waals surface area contributed by atoms with Crippen molar-refractivity contribution in [1.82, 2.24) is 0 Å². The summed E-state index contributed by atoms with van der Waals surface area (Å²) < 4.78 is 4.87. The van der Waals surface area contributed by atoms with Crippen molar-refractivity contribution in [3.63, 3.8) is 0 Å². The number of nitrogens with one attached hydrogen (secondary N) is 1. The fraction of sp³-hybridized carbons (Fsp3) is 0.211. The minimum absolute atomic E-state index is 0.0204. The number of halogens is 2. The molecule has 0 radical (unpaired) electrons. The zero-order valence-electron chi connectivity index (χ0n) is 14.1. The maximum atomic E-state index is 12.0. The molecule has 0 atom stereocenters. The molecule has 0 fully saturated rings. The quantitative estimate of drug-likeness (QED) is 0.557. The topological polar surface area (TPSA) is 72.5 Å². The number of anilines is 1. The van der Waals surface area contributed by atoms with Gasteiger partial charge in [-0.15, -0.1) is 0 Å². The number of ketones is 1. The van der Waals surface area contributed by atoms with Crippen LogP contribution in [0.1, 0.15) is 28.8 Å². The number of rotatable bonds is 7. The normalized spacial score (nSPS) is 10.3. The second-order valence-electron chi connectivity index (χ2n) is 5.62. The lowest BCUT2D eigenvalue weighted by atomic mass is 10.1. The number of ether oxygens (including phenoxy) is 1. The van der Waals surface area contributed by atoms with Crippen LogP contribution in [-0.4, -0.2) is 24.3 Å². The molecular weight excluding hydrogens is 377 g/mol. The van der Waals surface area contributed by atoms with Crippen LogP contribution in [0.2, 0.25) is 10.0 Å². The largest absolute Gasteiger partial charge is 0.456 e. The van der Waals surface area contributed by atoms with E-state index in [1.54, 1.807) is 24.3 Å². The summed E-state index contributed by atoms with van der Waals surface area (Å²) in [5.41, 5.74) is 1.96. The van der Waals surface area contributed by atoms with E-state index in [2.05, 4.69) is 5.32 Å². The van der Waals surface area contributed by atoms with E-state index in [-0.39, 0.29) is 23.6 Å². The molecule has 0 saturated carbocycles. The Morgan fingerprint density at radius 2 is 1.69 bits per heavy atom. The van der Waals surface area contributed by atoms with Gasteiger partial charge in [0, 0.05) is 17.0 Å². The fourth-order valence-electron chi connectivity index (χ4n) is 2.09. The summed E-state index contributed by atoms with van der Waals surface area (Å²) in [6.45, 7) is 1.46. The van der Waals surface area contributed by atoms with Crippen molar-refractivity contribution in [1.29, 1.82) is 0 Å². The number of benzene rings is 2. The number of carbonyl (C=O) groups is 3. The van der Waals surface area contributed by atoms with Gasteiger partial charge in [-0.3, -0.25) is 14.4 Å². The number of carbonyl (C=O) groups excluding carboxylic acids is 3. The summed E-state index contributed by atoms with van der Waals surface area (Å²) in [6.07, 6.45) is -0.0752. The highest BCUT2D eigenvalue weighted by Crippen LogP contribution is 2.25. The Hall–Kier alpha value is -2.37. The molecule has 0 heterocycles. The molecule has 2 aromatic rings. The molecule has 0 unspecified atom stereocenters. The van der Waals surface area contributed by atoms with Crippen molar-refractivity contribution < 1.29 is 19.1 Å². The van der Waals surface area contributed by atoms with Gasteiger partial charge >= 0.3 is 5.97 Å². The third kappa shape index (κ3) is 6.17. The minimum Gasteiger partial charge on any atom is -0.456 e. The van der Waals surface area contributed by atoms with Crippen LogP contribution in [0.15, 0.2) is 42.5 Å². The van der Waals surface area contributed by atoms with Gasteiger partial charge in [-0.05, 0) is 25.1 Å². The highest BCUT2D eigenvalue weighted by Gasteiger charge is 2.13. The van der Waals surface area contributed by atoms with Gasteiger partial charge in [-0.1, -0.05) is 53.0 Å². The van der Waals surface area contributed by atoms with Crippen LogP contribution in [0.25, 0.3) is 0 Å². The van der Waals surface area contributed by atoms with E-state index in [1.807, 2.05) is 19.1 Å². The zero-order valence-corrected chi connectivity index (χ0v) is 15.6. The Bertz CT molecular complexity index is 819. The summed E-state index contributed by atoms with van der Waals surface area (Å²) in [6, 6.07) is 11.7. The minimum atomic E-state index is -0.622. The fourth-order valence-corrected chi connectivity index (χ4v) is 2.55. The molecule has 7 heteroatoms. The van der Waals surface area contributed by atoms with Gasteiger partial charge in [0.15, 0.2) is 12.4 Å². The number of hydrogen-bond donors (Lipinski definition) is 1. The van der Waals surface area contributed by atoms with Crippen molar-refractivity contribution >= 4 is 46.5 Å². The van der Waals surface area contributed by atoms with Crippen LogP contribution in [0.3, 0.4) is 0 Å². The van der Waals surface area contributed by atoms with Gasteiger partial charge in [0.1, 0.15) is 0 Å². The number of esters is 1. The summed E-state index contributed by atoms with van der Waals surface area (Å²) >= 11 is 11.7. The van der Waals surface area contributed by atoms with Crippen LogP contribution in [0.5, 0.6) is 0 Å². The third-order valence-corrected chi connectivity index (χ3v) is 4.05. The van der Waals surface area contributed by atoms with Crippen LogP contribution < -0.4 is 5.32 Å². The van der Waals surface area contributed by atoms with Crippen LogP contribution in [0.4, 0.5) is 5.69 Å². The van der Waals surface area contributed by atoms with Crippen molar-refractivity contribution in [2.75, 3.05) is 11.9 Å². The Balaban J connectivity index is 1.74. The molecule has 5 nitrogen and oxygen atoms in total. The van der Waals surface area contributed by atoms with E-state index in [0.717, 1.165) is 5.56 Å². The lowest BCUT2D eigenvalue weighted by molar-refractivity contribution is -0.147. The number of amides is 1. The molecule has 1 amide bonds. The molecule has 2 aromatic carbocycles. The van der Waals surface area contributed by atoms with Crippen molar-refractivity contribution in [2.24, 2.45) is 0 Å². The first-order valence-electron chi connectivity index (χ1n) is 7.85. The van der Waals surface area contributed by atoms with E-state index in [0.29, 0.717) is 16.3 Å². The predicted molar refractivity (Wildman–Crippen MR) is 101 cm³/mol. The Morgan fingerprint density at radius 3 is 2.35 bits per heavy atom. The molecule has 136 valence electrons. The van der Waals surface area contributed by atoms with E-state index in [9.17, 15) is 14.4 Å². The van der Waals surface area contributed by atoms with E-state index < -0.39 is 18.5 Å². The van der Waals surface area contributed by atoms with Crippen LogP contribution in [0, 0.1) is 6.92 Å². The van der Waals surface area contributed by atoms with Crippen molar-refractivity contribution in [2.45, 2.75) is 19.8 Å². The average Bonchev–Trinajstić information content (AvgIpc) is 2.61. The molecule has 2 rings (SSSR count). The second kappa shape index (κ2) is 9.36. The van der Waals surface area contributed by atoms with Crippen molar-refractivity contribution in [3.8, 4) is 0 Å². The first-order chi connectivity index (χ1) is 12.3. The lowest BCUT2D eigenvalue weighted by Gasteiger charge is -2.08. The van der Waals surface area contributed by atoms with E-state index in [1.165, 1.54) is 6.07 Å². The summed E-state index contributed by atoms with van der Waals surface area (Å²) in [4.78, 5) is 35.5. The van der Waals surface area contributed by atoms with Crippen molar-refractivity contribution in [3.05, 3.63) is 63.6 Å². The van der Waals surface area contributed by atoms with E-state index in [4.69, 9.17) is 27.9 Å². The van der Waals surface area contributed by atoms with Gasteiger partial charge in [-0.2, -0.15) is 0 Å². The summed E-state index contributed by atoms with van der Waals surface area (Å²) in [5, 5.41) is 3.24. The molecule has 0 aromatic heterocycles. The lowest BCUT2D eigenvalue weighted by Crippen LogP contribution is -2.21. The van der Waals surface area contributed by atoms with Gasteiger partial charge in [-0.25, -0.2) is 0 Å². The van der Waals surface area contributed by atoms with E-state index >= 15 is 0 Å². The summed E-state index contributed by atoms with van der Waals surface area (Å²) in [7, 11) is 0. The van der Waals surface area contributed by atoms with Crippen LogP contribution in [-0.2, 0) is 14.3 Å². The highest BCUT2D eigenvalue weighted by molar-refractivity contribution is 6.36. The first-order valence-corrected chi connectivity index (χ1v) is 8.61. The van der Waals surface area contributed by atoms with Gasteiger partial charge in [0.2, 0.25) is 0 Å². The molecule has 26 heavy (non-hydrogen) atoms. The molecular formula is C19H17Cl2NO4. The Labute approximate surface area is 161 Å². The molecule has 1 N–H and O–H groups in total. The monoisotopic (exact) mass is 393 g/mol. The second-order valence-corrected chi connectivity index (χ2v) is 6.47. The molecule has 0 aliphatic rings. The maximum Gasteiger partial charge on any atom is 0.306 e. The number of aryl methyl sites for hydroxylation is 1. The third-order valence-electron chi connectivity index (χ3n) is 3.50. The highest BCUT2D eigenvalue weighted by atomic mass is 35.5. The zero-order chi connectivity index (χ0) is 19.1. The predicted octanol–water partition coefficient (Wildman–Crippen LogP) is 4.45. The molecule has 0 bridgehead atoms. The SMILES string of the molecule is Cc1ccc(C(=O)CCC(=O)OCC(=O)Nc2ccc(Cl)cc2Cl)cc1. The standard InChI is InChI=1S/C19H17Cl2NO4/c1-12-2-4-13(5-3-12)17(23)8-9-19(25)26-11-18(24)22-16-7-6-14(20)10-15(16)21/h2-7,10H,8-9,11H2,1H3,(H,22,24). The maximum absolute atomic E-state index is 12.0. The average molecular weight is 394 g/mol. The van der Waals surface area contributed by atoms with Gasteiger partial charge in [0.25, 0.3) is 5.91 Å². The van der Waals surface area contributed by atoms with Crippen LogP contribution >= 0.6 is 23.2 Å². The number of Topliss-reactive ketones (excluding diaryl/α,β-unsaturated/α-hetero) is 1.